The lowest BCUT2D eigenvalue weighted by Gasteiger charge is -2.21. The molecule has 0 saturated heterocycles. The van der Waals surface area contributed by atoms with Gasteiger partial charge in [-0.15, -0.1) is 0 Å². The molecule has 0 spiro atoms. The van der Waals surface area contributed by atoms with Crippen LogP contribution in [0.25, 0.3) is 5.57 Å². The number of rotatable bonds is 0. The molecule has 2 atom stereocenters. The van der Waals surface area contributed by atoms with Gasteiger partial charge < -0.3 is 10.2 Å². The lowest BCUT2D eigenvalue weighted by molar-refractivity contribution is 0.0856. The van der Waals surface area contributed by atoms with Crippen molar-refractivity contribution in [2.45, 2.75) is 18.6 Å². The molecule has 0 aliphatic heterocycles. The zero-order valence-electron chi connectivity index (χ0n) is 8.22. The summed E-state index contributed by atoms with van der Waals surface area (Å²) < 4.78 is 0. The van der Waals surface area contributed by atoms with Crippen LogP contribution in [-0.2, 0) is 6.42 Å². The molecule has 2 N–H and O–H groups in total. The molecule has 0 fully saturated rings. The molecule has 0 radical (unpaired) electrons. The Morgan fingerprint density at radius 3 is 2.80 bits per heavy atom. The lowest BCUT2D eigenvalue weighted by atomic mass is 9.92. The van der Waals surface area contributed by atoms with Crippen LogP contribution in [0.1, 0.15) is 11.1 Å². The molecule has 2 aliphatic carbocycles. The fourth-order valence-corrected chi connectivity index (χ4v) is 2.40. The fourth-order valence-electron chi connectivity index (χ4n) is 2.40. The summed E-state index contributed by atoms with van der Waals surface area (Å²) in [5, 5.41) is 19.5. The molecule has 0 heterocycles. The Hall–Kier alpha value is -1.38. The molecule has 15 heavy (non-hydrogen) atoms. The Morgan fingerprint density at radius 1 is 1.13 bits per heavy atom. The minimum Gasteiger partial charge on any atom is -0.386 e. The summed E-state index contributed by atoms with van der Waals surface area (Å²) in [5.41, 5.74) is 4.36. The number of hydrogen-bond acceptors (Lipinski definition) is 2. The van der Waals surface area contributed by atoms with Gasteiger partial charge in [0.25, 0.3) is 0 Å². The molecule has 76 valence electrons. The highest BCUT2D eigenvalue weighted by Gasteiger charge is 2.31. The highest BCUT2D eigenvalue weighted by molar-refractivity contribution is 5.82. The third-order valence-corrected chi connectivity index (χ3v) is 3.15. The summed E-state index contributed by atoms with van der Waals surface area (Å²) >= 11 is 0. The van der Waals surface area contributed by atoms with Crippen LogP contribution in [0.5, 0.6) is 0 Å². The van der Waals surface area contributed by atoms with Gasteiger partial charge in [0.1, 0.15) is 12.2 Å². The summed E-state index contributed by atoms with van der Waals surface area (Å²) in [7, 11) is 0. The van der Waals surface area contributed by atoms with E-state index in [2.05, 4.69) is 6.07 Å². The van der Waals surface area contributed by atoms with Crippen LogP contribution in [0.4, 0.5) is 0 Å². The van der Waals surface area contributed by atoms with Crippen LogP contribution in [-0.4, -0.2) is 22.4 Å². The zero-order chi connectivity index (χ0) is 10.4. The third kappa shape index (κ3) is 1.19. The van der Waals surface area contributed by atoms with Crippen LogP contribution in [0.15, 0.2) is 42.0 Å². The smallest absolute Gasteiger partial charge is 0.109 e. The molecule has 0 aromatic heterocycles. The number of benzene rings is 1. The molecule has 3 rings (SSSR count). The summed E-state index contributed by atoms with van der Waals surface area (Å²) in [6, 6.07) is 8.05. The third-order valence-electron chi connectivity index (χ3n) is 3.15. The maximum atomic E-state index is 9.94. The standard InChI is InChI=1S/C13H12O2/c14-11-6-5-9-7-8-3-1-2-4-10(8)12(9)13(11)15/h1-6,11,13-15H,7H2. The van der Waals surface area contributed by atoms with E-state index in [4.69, 9.17) is 0 Å². The van der Waals surface area contributed by atoms with E-state index in [1.807, 2.05) is 24.3 Å². The van der Waals surface area contributed by atoms with Gasteiger partial charge in [0, 0.05) is 0 Å². The normalized spacial score (nSPS) is 27.9. The van der Waals surface area contributed by atoms with Crippen molar-refractivity contribution >= 4 is 5.57 Å². The van der Waals surface area contributed by atoms with E-state index >= 15 is 0 Å². The van der Waals surface area contributed by atoms with Gasteiger partial charge in [0.15, 0.2) is 0 Å². The Balaban J connectivity index is 2.16. The van der Waals surface area contributed by atoms with Crippen LogP contribution in [0.3, 0.4) is 0 Å². The second-order valence-electron chi connectivity index (χ2n) is 4.07. The highest BCUT2D eigenvalue weighted by atomic mass is 16.3. The molecule has 2 unspecified atom stereocenters. The minimum absolute atomic E-state index is 0.769. The first-order chi connectivity index (χ1) is 7.27. The first-order valence-corrected chi connectivity index (χ1v) is 5.13. The maximum absolute atomic E-state index is 9.94. The van der Waals surface area contributed by atoms with Crippen molar-refractivity contribution in [2.24, 2.45) is 0 Å². The number of fused-ring (bicyclic) bond motifs is 2. The van der Waals surface area contributed by atoms with Crippen LogP contribution in [0.2, 0.25) is 0 Å². The van der Waals surface area contributed by atoms with E-state index in [0.29, 0.717) is 0 Å². The van der Waals surface area contributed by atoms with Gasteiger partial charge in [-0.1, -0.05) is 36.4 Å². The molecule has 1 aromatic carbocycles. The van der Waals surface area contributed by atoms with Gasteiger partial charge in [-0.25, -0.2) is 0 Å². The Bertz CT molecular complexity index is 471. The van der Waals surface area contributed by atoms with Gasteiger partial charge in [0.05, 0.1) is 0 Å². The molecule has 0 saturated carbocycles. The molecule has 0 amide bonds. The summed E-state index contributed by atoms with van der Waals surface area (Å²) in [6.45, 7) is 0. The summed E-state index contributed by atoms with van der Waals surface area (Å²) in [6.07, 6.45) is 2.91. The Morgan fingerprint density at radius 2 is 1.93 bits per heavy atom. The molecule has 2 nitrogen and oxygen atoms in total. The van der Waals surface area contributed by atoms with Crippen molar-refractivity contribution in [1.29, 1.82) is 0 Å². The molecule has 2 heteroatoms. The first-order valence-electron chi connectivity index (χ1n) is 5.13. The maximum Gasteiger partial charge on any atom is 0.109 e. The Kier molecular flexibility index (Phi) is 1.81. The minimum atomic E-state index is -0.770. The number of hydrogen-bond donors (Lipinski definition) is 2. The molecule has 2 aliphatic rings. The number of allylic oxidation sites excluding steroid dienone is 2. The van der Waals surface area contributed by atoms with E-state index in [1.54, 1.807) is 6.08 Å². The topological polar surface area (TPSA) is 40.5 Å². The second-order valence-corrected chi connectivity index (χ2v) is 4.07. The van der Waals surface area contributed by atoms with E-state index < -0.39 is 12.2 Å². The first kappa shape index (κ1) is 8.89. The predicted octanol–water partition coefficient (Wildman–Crippen LogP) is 1.29. The fraction of sp³-hybridized carbons (Fsp3) is 0.231. The van der Waals surface area contributed by atoms with Crippen LogP contribution >= 0.6 is 0 Å². The average Bonchev–Trinajstić information content (AvgIpc) is 2.62. The SMILES string of the molecule is OC1C=CC2=C(c3ccccc3C2)C1O. The van der Waals surface area contributed by atoms with Crippen molar-refractivity contribution < 1.29 is 10.2 Å². The van der Waals surface area contributed by atoms with E-state index in [0.717, 1.165) is 23.1 Å². The van der Waals surface area contributed by atoms with Crippen molar-refractivity contribution in [1.82, 2.24) is 0 Å². The molecule has 0 bridgehead atoms. The zero-order valence-corrected chi connectivity index (χ0v) is 8.22. The summed E-state index contributed by atoms with van der Waals surface area (Å²) in [4.78, 5) is 0. The highest BCUT2D eigenvalue weighted by Crippen LogP contribution is 2.38. The quantitative estimate of drug-likeness (QED) is 0.662. The Labute approximate surface area is 88.2 Å². The average molecular weight is 200 g/mol. The molecular weight excluding hydrogens is 188 g/mol. The largest absolute Gasteiger partial charge is 0.386 e. The van der Waals surface area contributed by atoms with Gasteiger partial charge >= 0.3 is 0 Å². The van der Waals surface area contributed by atoms with Crippen molar-refractivity contribution in [3.63, 3.8) is 0 Å². The number of aliphatic hydroxyl groups is 2. The van der Waals surface area contributed by atoms with Crippen molar-refractivity contribution in [3.05, 3.63) is 53.1 Å². The van der Waals surface area contributed by atoms with Crippen LogP contribution < -0.4 is 0 Å². The van der Waals surface area contributed by atoms with Gasteiger partial charge in [-0.05, 0) is 28.7 Å². The van der Waals surface area contributed by atoms with E-state index in [1.165, 1.54) is 5.56 Å². The van der Waals surface area contributed by atoms with Crippen molar-refractivity contribution in [3.8, 4) is 0 Å². The van der Waals surface area contributed by atoms with Crippen molar-refractivity contribution in [2.75, 3.05) is 0 Å². The van der Waals surface area contributed by atoms with Gasteiger partial charge in [-0.3, -0.25) is 0 Å². The van der Waals surface area contributed by atoms with E-state index in [-0.39, 0.29) is 0 Å². The van der Waals surface area contributed by atoms with Gasteiger partial charge in [0.2, 0.25) is 0 Å². The molecular formula is C13H12O2. The predicted molar refractivity (Wildman–Crippen MR) is 58.2 cm³/mol. The molecule has 1 aromatic rings. The van der Waals surface area contributed by atoms with E-state index in [9.17, 15) is 10.2 Å². The lowest BCUT2D eigenvalue weighted by Crippen LogP contribution is -2.27. The van der Waals surface area contributed by atoms with Crippen LogP contribution in [0, 0.1) is 0 Å². The monoisotopic (exact) mass is 200 g/mol. The van der Waals surface area contributed by atoms with Gasteiger partial charge in [-0.2, -0.15) is 0 Å². The summed E-state index contributed by atoms with van der Waals surface area (Å²) in [5.74, 6) is 0. The second kappa shape index (κ2) is 3.05. The number of aliphatic hydroxyl groups excluding tert-OH is 2.